The second-order valence-electron chi connectivity index (χ2n) is 8.48. The van der Waals surface area contributed by atoms with E-state index >= 15 is 0 Å². The van der Waals surface area contributed by atoms with Crippen molar-refractivity contribution in [1.29, 1.82) is 0 Å². The molecule has 33 heavy (non-hydrogen) atoms. The number of likely N-dealkylation sites (N-methyl/N-ethyl adjacent to an activating group) is 1. The maximum Gasteiger partial charge on any atom is 0.224 e. The molecule has 7 nitrogen and oxygen atoms in total. The third-order valence-electron chi connectivity index (χ3n) is 5.91. The van der Waals surface area contributed by atoms with Crippen molar-refractivity contribution in [1.82, 2.24) is 19.8 Å². The molecule has 1 amide bonds. The van der Waals surface area contributed by atoms with Crippen LogP contribution in [0.3, 0.4) is 0 Å². The van der Waals surface area contributed by atoms with Gasteiger partial charge in [0, 0.05) is 38.7 Å². The molecular formula is C26H30N4O3. The predicted molar refractivity (Wildman–Crippen MR) is 127 cm³/mol. The first-order valence-corrected chi connectivity index (χ1v) is 11.3. The van der Waals surface area contributed by atoms with Gasteiger partial charge in [-0.25, -0.2) is 4.98 Å². The number of nitrogens with zero attached hydrogens (tertiary/aromatic N) is 3. The summed E-state index contributed by atoms with van der Waals surface area (Å²) in [5.41, 5.74) is 2.93. The van der Waals surface area contributed by atoms with E-state index in [0.29, 0.717) is 25.3 Å². The average molecular weight is 447 g/mol. The monoisotopic (exact) mass is 446 g/mol. The number of hydrogen-bond acceptors (Lipinski definition) is 5. The van der Waals surface area contributed by atoms with Crippen LogP contribution in [0.15, 0.2) is 60.9 Å². The first-order valence-electron chi connectivity index (χ1n) is 11.3. The summed E-state index contributed by atoms with van der Waals surface area (Å²) in [7, 11) is 3.67. The van der Waals surface area contributed by atoms with Crippen molar-refractivity contribution in [2.45, 2.75) is 31.8 Å². The molecule has 1 fully saturated rings. The number of carbonyl (C=O) groups excluding carboxylic acids is 2. The average Bonchev–Trinajstić information content (AvgIpc) is 3.37. The number of ether oxygens (including phenoxy) is 1. The predicted octanol–water partition coefficient (Wildman–Crippen LogP) is 3.62. The summed E-state index contributed by atoms with van der Waals surface area (Å²) in [5.74, 6) is 0.717. The van der Waals surface area contributed by atoms with Crippen LogP contribution in [0.2, 0.25) is 0 Å². The molecule has 2 unspecified atom stereocenters. The maximum absolute atomic E-state index is 13.9. The summed E-state index contributed by atoms with van der Waals surface area (Å²) in [6.45, 7) is 3.27. The van der Waals surface area contributed by atoms with E-state index in [4.69, 9.17) is 4.74 Å². The van der Waals surface area contributed by atoms with E-state index in [-0.39, 0.29) is 17.7 Å². The van der Waals surface area contributed by atoms with Gasteiger partial charge in [0.1, 0.15) is 11.4 Å². The third kappa shape index (κ3) is 4.98. The van der Waals surface area contributed by atoms with Crippen LogP contribution in [0.1, 0.15) is 41.9 Å². The van der Waals surface area contributed by atoms with Gasteiger partial charge in [-0.2, -0.15) is 0 Å². The summed E-state index contributed by atoms with van der Waals surface area (Å²) in [6, 6.07) is 16.6. The molecule has 1 aliphatic rings. The fourth-order valence-electron chi connectivity index (χ4n) is 4.19. The first kappa shape index (κ1) is 22.7. The normalized spacial score (nSPS) is 16.8. The molecule has 172 valence electrons. The smallest absolute Gasteiger partial charge is 0.224 e. The molecule has 2 heterocycles. The van der Waals surface area contributed by atoms with Crippen LogP contribution in [0.5, 0.6) is 5.75 Å². The largest absolute Gasteiger partial charge is 0.494 e. The van der Waals surface area contributed by atoms with Crippen LogP contribution >= 0.6 is 0 Å². The highest BCUT2D eigenvalue weighted by Crippen LogP contribution is 2.29. The number of ketones is 1. The summed E-state index contributed by atoms with van der Waals surface area (Å²) in [5, 5.41) is 3.44. The number of amides is 1. The van der Waals surface area contributed by atoms with Crippen LogP contribution in [0.25, 0.3) is 11.3 Å². The zero-order chi connectivity index (χ0) is 23.4. The number of imidazole rings is 1. The number of benzene rings is 2. The lowest BCUT2D eigenvalue weighted by molar-refractivity contribution is -0.126. The summed E-state index contributed by atoms with van der Waals surface area (Å²) in [6.07, 6.45) is 2.96. The minimum absolute atomic E-state index is 0.0739. The lowest BCUT2D eigenvalue weighted by atomic mass is 9.96. The van der Waals surface area contributed by atoms with E-state index in [2.05, 4.69) is 17.2 Å². The summed E-state index contributed by atoms with van der Waals surface area (Å²) in [4.78, 5) is 32.2. The molecule has 0 spiro atoms. The van der Waals surface area contributed by atoms with Crippen molar-refractivity contribution in [2.75, 3.05) is 20.2 Å². The fourth-order valence-corrected chi connectivity index (χ4v) is 4.19. The van der Waals surface area contributed by atoms with Crippen molar-refractivity contribution in [3.63, 3.8) is 0 Å². The number of hydrogen-bond donors (Lipinski definition) is 1. The van der Waals surface area contributed by atoms with Gasteiger partial charge in [0.25, 0.3) is 0 Å². The molecule has 3 aromatic rings. The fraction of sp³-hybridized carbons (Fsp3) is 0.346. The second-order valence-corrected chi connectivity index (χ2v) is 8.48. The van der Waals surface area contributed by atoms with Gasteiger partial charge in [-0.3, -0.25) is 14.9 Å². The number of aromatic nitrogens is 2. The maximum atomic E-state index is 13.9. The topological polar surface area (TPSA) is 76.5 Å². The summed E-state index contributed by atoms with van der Waals surface area (Å²) >= 11 is 0. The molecule has 1 aromatic heterocycles. The molecule has 0 bridgehead atoms. The van der Waals surface area contributed by atoms with Gasteiger partial charge in [0.15, 0.2) is 0 Å². The Morgan fingerprint density at radius 3 is 2.52 bits per heavy atom. The molecule has 0 aliphatic carbocycles. The van der Waals surface area contributed by atoms with Gasteiger partial charge in [0.05, 0.1) is 24.7 Å². The number of nitrogens with one attached hydrogen (secondary N) is 1. The van der Waals surface area contributed by atoms with Crippen molar-refractivity contribution in [3.8, 4) is 17.0 Å². The number of carbonyl (C=O) groups is 2. The standard InChI is InChI=1S/C26H30N4O3/c1-4-14-33-21-12-10-18(11-13-21)23(28-20-15-22(31)29(2)16-20)26(32)24-25(30(3)17-27-24)19-8-6-5-7-9-19/h5-13,17,20,23,28H,4,14-16H2,1-3H3. The molecule has 0 saturated carbocycles. The number of rotatable bonds is 9. The molecule has 1 aliphatic heterocycles. The highest BCUT2D eigenvalue weighted by atomic mass is 16.5. The third-order valence-corrected chi connectivity index (χ3v) is 5.91. The minimum atomic E-state index is -0.633. The lowest BCUT2D eigenvalue weighted by Crippen LogP contribution is -2.38. The number of aryl methyl sites for hydroxylation is 1. The Hall–Kier alpha value is -3.45. The van der Waals surface area contributed by atoms with E-state index in [0.717, 1.165) is 29.0 Å². The Bertz CT molecular complexity index is 1110. The van der Waals surface area contributed by atoms with E-state index in [1.807, 2.05) is 66.2 Å². The molecule has 2 aromatic carbocycles. The van der Waals surface area contributed by atoms with Crippen molar-refractivity contribution in [3.05, 3.63) is 72.2 Å². The van der Waals surface area contributed by atoms with E-state index < -0.39 is 6.04 Å². The Balaban J connectivity index is 1.68. The Labute approximate surface area is 194 Å². The highest BCUT2D eigenvalue weighted by molar-refractivity contribution is 6.03. The number of Topliss-reactive ketones (excluding diaryl/α,β-unsaturated/α-hetero) is 1. The van der Waals surface area contributed by atoms with Crippen molar-refractivity contribution >= 4 is 11.7 Å². The molecule has 0 radical (unpaired) electrons. The molecule has 7 heteroatoms. The van der Waals surface area contributed by atoms with Crippen LogP contribution in [0, 0.1) is 0 Å². The second kappa shape index (κ2) is 10.0. The Morgan fingerprint density at radius 2 is 1.88 bits per heavy atom. The summed E-state index contributed by atoms with van der Waals surface area (Å²) < 4.78 is 7.57. The van der Waals surface area contributed by atoms with E-state index in [1.165, 1.54) is 0 Å². The lowest BCUT2D eigenvalue weighted by Gasteiger charge is -2.22. The zero-order valence-corrected chi connectivity index (χ0v) is 19.3. The van der Waals surface area contributed by atoms with Gasteiger partial charge in [-0.05, 0) is 24.1 Å². The van der Waals surface area contributed by atoms with E-state index in [1.54, 1.807) is 18.3 Å². The van der Waals surface area contributed by atoms with Gasteiger partial charge in [0.2, 0.25) is 11.7 Å². The SMILES string of the molecule is CCCOc1ccc(C(NC2CC(=O)N(C)C2)C(=O)c2ncn(C)c2-c2ccccc2)cc1. The van der Waals surface area contributed by atoms with E-state index in [9.17, 15) is 9.59 Å². The van der Waals surface area contributed by atoms with Crippen molar-refractivity contribution < 1.29 is 14.3 Å². The Morgan fingerprint density at radius 1 is 1.15 bits per heavy atom. The van der Waals surface area contributed by atoms with Gasteiger partial charge in [-0.15, -0.1) is 0 Å². The minimum Gasteiger partial charge on any atom is -0.494 e. The molecular weight excluding hydrogens is 416 g/mol. The zero-order valence-electron chi connectivity index (χ0n) is 19.3. The molecule has 1 saturated heterocycles. The Kier molecular flexibility index (Phi) is 6.89. The number of likely N-dealkylation sites (tertiary alicyclic amines) is 1. The van der Waals surface area contributed by atoms with Gasteiger partial charge >= 0.3 is 0 Å². The van der Waals surface area contributed by atoms with Crippen LogP contribution in [-0.2, 0) is 11.8 Å². The highest BCUT2D eigenvalue weighted by Gasteiger charge is 2.33. The molecule has 2 atom stereocenters. The van der Waals surface area contributed by atoms with Crippen LogP contribution in [-0.4, -0.2) is 52.4 Å². The van der Waals surface area contributed by atoms with Crippen LogP contribution < -0.4 is 10.1 Å². The molecule has 4 rings (SSSR count). The van der Waals surface area contributed by atoms with Crippen molar-refractivity contribution in [2.24, 2.45) is 7.05 Å². The van der Waals surface area contributed by atoms with Gasteiger partial charge in [-0.1, -0.05) is 49.4 Å². The van der Waals surface area contributed by atoms with Crippen LogP contribution in [0.4, 0.5) is 0 Å². The molecule has 1 N–H and O–H groups in total. The van der Waals surface area contributed by atoms with Gasteiger partial charge < -0.3 is 14.2 Å². The first-order chi connectivity index (χ1) is 16.0. The quantitative estimate of drug-likeness (QED) is 0.508.